The summed E-state index contributed by atoms with van der Waals surface area (Å²) in [6, 6.07) is -0.332. The van der Waals surface area contributed by atoms with Crippen LogP contribution in [0.2, 0.25) is 0 Å². The van der Waals surface area contributed by atoms with E-state index < -0.39 is 5.97 Å². The van der Waals surface area contributed by atoms with Crippen molar-refractivity contribution < 1.29 is 19.8 Å². The fraction of sp³-hybridized carbons (Fsp3) is 0.778. The topological polar surface area (TPSA) is 77.8 Å². The summed E-state index contributed by atoms with van der Waals surface area (Å²) in [5.41, 5.74) is 0. The molecule has 0 aliphatic rings. The highest BCUT2D eigenvalue weighted by Crippen LogP contribution is 2.01. The Kier molecular flexibility index (Phi) is 6.07. The van der Waals surface area contributed by atoms with Gasteiger partial charge in [0.2, 0.25) is 0 Å². The zero-order chi connectivity index (χ0) is 11.1. The number of aliphatic hydroxyl groups is 1. The van der Waals surface area contributed by atoms with Crippen LogP contribution in [0.5, 0.6) is 0 Å². The highest BCUT2D eigenvalue weighted by atomic mass is 16.4. The zero-order valence-electron chi connectivity index (χ0n) is 8.56. The molecule has 0 aromatic heterocycles. The molecule has 0 aliphatic carbocycles. The fourth-order valence-electron chi connectivity index (χ4n) is 1.12. The summed E-state index contributed by atoms with van der Waals surface area (Å²) < 4.78 is 0. The van der Waals surface area contributed by atoms with E-state index in [0.717, 1.165) is 0 Å². The molecule has 82 valence electrons. The van der Waals surface area contributed by atoms with Crippen LogP contribution in [0.1, 0.15) is 20.3 Å². The van der Waals surface area contributed by atoms with Crippen molar-refractivity contribution in [3.8, 4) is 0 Å². The van der Waals surface area contributed by atoms with Crippen LogP contribution in [-0.2, 0) is 9.59 Å². The molecule has 0 aliphatic heterocycles. The van der Waals surface area contributed by atoms with Crippen LogP contribution < -0.4 is 0 Å². The molecule has 0 spiro atoms. The van der Waals surface area contributed by atoms with Crippen LogP contribution in [0.4, 0.5) is 0 Å². The van der Waals surface area contributed by atoms with Gasteiger partial charge in [0.25, 0.3) is 0 Å². The van der Waals surface area contributed by atoms with Gasteiger partial charge in [0.1, 0.15) is 5.78 Å². The summed E-state index contributed by atoms with van der Waals surface area (Å²) in [5, 5.41) is 17.2. The van der Waals surface area contributed by atoms with Gasteiger partial charge in [-0.15, -0.1) is 0 Å². The Morgan fingerprint density at radius 1 is 1.36 bits per heavy atom. The lowest BCUT2D eigenvalue weighted by Crippen LogP contribution is -2.41. The predicted octanol–water partition coefficient (Wildman–Crippen LogP) is -0.267. The lowest BCUT2D eigenvalue weighted by atomic mass is 10.2. The Balaban J connectivity index is 4.13. The van der Waals surface area contributed by atoms with Gasteiger partial charge in [-0.3, -0.25) is 14.5 Å². The number of hydrogen-bond donors (Lipinski definition) is 2. The number of rotatable bonds is 7. The predicted molar refractivity (Wildman–Crippen MR) is 51.1 cm³/mol. The van der Waals surface area contributed by atoms with E-state index in [9.17, 15) is 9.59 Å². The second-order valence-electron chi connectivity index (χ2n) is 3.19. The monoisotopic (exact) mass is 203 g/mol. The van der Waals surface area contributed by atoms with Crippen molar-refractivity contribution >= 4 is 11.8 Å². The van der Waals surface area contributed by atoms with Gasteiger partial charge in [0.15, 0.2) is 0 Å². The Morgan fingerprint density at radius 3 is 2.29 bits per heavy atom. The molecule has 0 amide bonds. The molecule has 0 saturated carbocycles. The number of Topliss-reactive ketones (excluding diaryl/α,β-unsaturated/α-hetero) is 1. The molecule has 5 nitrogen and oxygen atoms in total. The maximum absolute atomic E-state index is 11.0. The summed E-state index contributed by atoms with van der Waals surface area (Å²) in [6.45, 7) is 3.71. The first-order valence-electron chi connectivity index (χ1n) is 4.56. The lowest BCUT2D eigenvalue weighted by Gasteiger charge is -2.25. The van der Waals surface area contributed by atoms with Crippen LogP contribution in [0, 0.1) is 0 Å². The molecule has 1 unspecified atom stereocenters. The van der Waals surface area contributed by atoms with Crippen molar-refractivity contribution in [2.24, 2.45) is 0 Å². The highest BCUT2D eigenvalue weighted by molar-refractivity contribution is 5.81. The van der Waals surface area contributed by atoms with E-state index in [4.69, 9.17) is 10.2 Å². The molecule has 14 heavy (non-hydrogen) atoms. The summed E-state index contributed by atoms with van der Waals surface area (Å²) in [7, 11) is 0. The standard InChI is InChI=1S/C9H17NO4/c1-7(8(2)12)10(5-6-11)4-3-9(13)14/h7,11H,3-6H2,1-2H3,(H,13,14). The van der Waals surface area contributed by atoms with Gasteiger partial charge in [-0.1, -0.05) is 0 Å². The van der Waals surface area contributed by atoms with E-state index in [1.807, 2.05) is 0 Å². The fourth-order valence-corrected chi connectivity index (χ4v) is 1.12. The van der Waals surface area contributed by atoms with E-state index in [2.05, 4.69) is 0 Å². The van der Waals surface area contributed by atoms with Gasteiger partial charge in [0, 0.05) is 13.1 Å². The third-order valence-corrected chi connectivity index (χ3v) is 2.14. The molecule has 1 atom stereocenters. The average molecular weight is 203 g/mol. The average Bonchev–Trinajstić information content (AvgIpc) is 2.10. The second-order valence-corrected chi connectivity index (χ2v) is 3.19. The smallest absolute Gasteiger partial charge is 0.304 e. The Labute approximate surface area is 83.3 Å². The van der Waals surface area contributed by atoms with Gasteiger partial charge in [-0.05, 0) is 13.8 Å². The van der Waals surface area contributed by atoms with Gasteiger partial charge in [0.05, 0.1) is 19.1 Å². The van der Waals surface area contributed by atoms with Crippen molar-refractivity contribution in [2.45, 2.75) is 26.3 Å². The molecular weight excluding hydrogens is 186 g/mol. The zero-order valence-corrected chi connectivity index (χ0v) is 8.56. The number of ketones is 1. The first-order chi connectivity index (χ1) is 6.49. The normalized spacial score (nSPS) is 12.9. The quantitative estimate of drug-likeness (QED) is 0.595. The van der Waals surface area contributed by atoms with Crippen LogP contribution in [0.25, 0.3) is 0 Å². The van der Waals surface area contributed by atoms with Crippen LogP contribution in [-0.4, -0.2) is 52.6 Å². The van der Waals surface area contributed by atoms with E-state index in [0.29, 0.717) is 6.54 Å². The van der Waals surface area contributed by atoms with Gasteiger partial charge in [-0.25, -0.2) is 0 Å². The van der Waals surface area contributed by atoms with Crippen molar-refractivity contribution in [2.75, 3.05) is 19.7 Å². The number of carbonyl (C=O) groups is 2. The van der Waals surface area contributed by atoms with Crippen molar-refractivity contribution in [1.29, 1.82) is 0 Å². The molecule has 0 saturated heterocycles. The minimum absolute atomic E-state index is 0.0163. The van der Waals surface area contributed by atoms with Gasteiger partial charge in [-0.2, -0.15) is 0 Å². The number of hydrogen-bond acceptors (Lipinski definition) is 4. The van der Waals surface area contributed by atoms with Crippen LogP contribution in [0.3, 0.4) is 0 Å². The van der Waals surface area contributed by atoms with Crippen molar-refractivity contribution in [3.05, 3.63) is 0 Å². The molecule has 0 fully saturated rings. The second kappa shape index (κ2) is 6.50. The van der Waals surface area contributed by atoms with E-state index >= 15 is 0 Å². The molecule has 0 aromatic rings. The maximum atomic E-state index is 11.0. The maximum Gasteiger partial charge on any atom is 0.304 e. The molecule has 0 aromatic carbocycles. The molecule has 0 heterocycles. The summed E-state index contributed by atoms with van der Waals surface area (Å²) in [4.78, 5) is 23.0. The molecule has 2 N–H and O–H groups in total. The molecule has 0 rings (SSSR count). The largest absolute Gasteiger partial charge is 0.481 e. The summed E-state index contributed by atoms with van der Waals surface area (Å²) >= 11 is 0. The summed E-state index contributed by atoms with van der Waals surface area (Å²) in [5.74, 6) is -0.924. The van der Waals surface area contributed by atoms with Gasteiger partial charge < -0.3 is 10.2 Å². The number of aliphatic carboxylic acids is 1. The SMILES string of the molecule is CC(=O)C(C)N(CCO)CCC(=O)O. The minimum Gasteiger partial charge on any atom is -0.481 e. The Bertz CT molecular complexity index is 205. The van der Waals surface area contributed by atoms with E-state index in [1.54, 1.807) is 11.8 Å². The number of carboxylic acids is 1. The Morgan fingerprint density at radius 2 is 1.93 bits per heavy atom. The van der Waals surface area contributed by atoms with Gasteiger partial charge >= 0.3 is 5.97 Å². The number of carbonyl (C=O) groups excluding carboxylic acids is 1. The summed E-state index contributed by atoms with van der Waals surface area (Å²) in [6.07, 6.45) is -0.0163. The first kappa shape index (κ1) is 13.1. The number of nitrogens with zero attached hydrogens (tertiary/aromatic N) is 1. The van der Waals surface area contributed by atoms with Crippen molar-refractivity contribution in [1.82, 2.24) is 4.90 Å². The molecule has 5 heteroatoms. The molecular formula is C9H17NO4. The lowest BCUT2D eigenvalue weighted by molar-refractivity contribution is -0.138. The number of aliphatic hydroxyl groups excluding tert-OH is 1. The van der Waals surface area contributed by atoms with Crippen LogP contribution in [0.15, 0.2) is 0 Å². The minimum atomic E-state index is -0.899. The number of carboxylic acid groups (broad SMARTS) is 1. The van der Waals surface area contributed by atoms with Crippen LogP contribution >= 0.6 is 0 Å². The highest BCUT2D eigenvalue weighted by Gasteiger charge is 2.17. The third kappa shape index (κ3) is 4.94. The third-order valence-electron chi connectivity index (χ3n) is 2.14. The molecule has 0 radical (unpaired) electrons. The van der Waals surface area contributed by atoms with E-state index in [1.165, 1.54) is 6.92 Å². The first-order valence-corrected chi connectivity index (χ1v) is 4.56. The molecule has 0 bridgehead atoms. The van der Waals surface area contributed by atoms with E-state index in [-0.39, 0.29) is 31.4 Å². The van der Waals surface area contributed by atoms with Crippen molar-refractivity contribution in [3.63, 3.8) is 0 Å². The Hall–Kier alpha value is -0.940.